The second-order valence-electron chi connectivity index (χ2n) is 3.98. The topological polar surface area (TPSA) is 29.1 Å². The second kappa shape index (κ2) is 5.16. The molecule has 0 fully saturated rings. The highest BCUT2D eigenvalue weighted by molar-refractivity contribution is 6.38. The first-order chi connectivity index (χ1) is 8.89. The third-order valence-electron chi connectivity index (χ3n) is 2.37. The van der Waals surface area contributed by atoms with Crippen LogP contribution in [0.1, 0.15) is 5.56 Å². The molecule has 0 aliphatic rings. The number of nitrogens with one attached hydrogen (secondary N) is 1. The molecule has 1 rings (SSSR count). The Balaban J connectivity index is 3.15. The molecule has 2 nitrogen and oxygen atoms in total. The average Bonchev–Trinajstić information content (AvgIpc) is 2.24. The molecule has 0 atom stereocenters. The SMILES string of the molecule is Cc1cccc(NC(=O)C(Cl)(C(F)(F)F)C(F)(F)F)c1. The number of aryl methyl sites for hydroxylation is 1. The molecule has 20 heavy (non-hydrogen) atoms. The molecule has 0 unspecified atom stereocenters. The lowest BCUT2D eigenvalue weighted by atomic mass is 10.1. The molecule has 0 aliphatic heterocycles. The first-order valence-electron chi connectivity index (χ1n) is 5.10. The van der Waals surface area contributed by atoms with E-state index in [1.807, 2.05) is 0 Å². The second-order valence-corrected chi connectivity index (χ2v) is 4.54. The Morgan fingerprint density at radius 3 is 2.00 bits per heavy atom. The highest BCUT2D eigenvalue weighted by atomic mass is 35.5. The number of anilines is 1. The highest BCUT2D eigenvalue weighted by Gasteiger charge is 2.75. The van der Waals surface area contributed by atoms with Crippen molar-refractivity contribution in [2.75, 3.05) is 5.32 Å². The van der Waals surface area contributed by atoms with Gasteiger partial charge in [0.1, 0.15) is 0 Å². The summed E-state index contributed by atoms with van der Waals surface area (Å²) in [5.74, 6) is -2.40. The van der Waals surface area contributed by atoms with Gasteiger partial charge in [-0.25, -0.2) is 0 Å². The van der Waals surface area contributed by atoms with Crippen LogP contribution in [-0.4, -0.2) is 23.1 Å². The first kappa shape index (κ1) is 16.6. The van der Waals surface area contributed by atoms with E-state index in [4.69, 9.17) is 0 Å². The Morgan fingerprint density at radius 2 is 1.60 bits per heavy atom. The van der Waals surface area contributed by atoms with E-state index in [-0.39, 0.29) is 5.69 Å². The molecule has 1 amide bonds. The normalized spacial score (nSPS) is 13.2. The maximum absolute atomic E-state index is 12.5. The molecule has 1 aromatic carbocycles. The van der Waals surface area contributed by atoms with E-state index in [0.717, 1.165) is 6.07 Å². The van der Waals surface area contributed by atoms with E-state index in [2.05, 4.69) is 11.6 Å². The zero-order valence-corrected chi connectivity index (χ0v) is 10.6. The van der Waals surface area contributed by atoms with Gasteiger partial charge in [0.05, 0.1) is 0 Å². The van der Waals surface area contributed by atoms with Crippen LogP contribution in [0.15, 0.2) is 24.3 Å². The largest absolute Gasteiger partial charge is 0.425 e. The van der Waals surface area contributed by atoms with E-state index in [1.54, 1.807) is 13.0 Å². The van der Waals surface area contributed by atoms with E-state index in [1.165, 1.54) is 17.4 Å². The predicted octanol–water partition coefficient (Wildman–Crippen LogP) is 4.04. The molecule has 0 spiro atoms. The maximum Gasteiger partial charge on any atom is 0.425 e. The third-order valence-corrected chi connectivity index (χ3v) is 2.97. The Morgan fingerprint density at radius 1 is 1.10 bits per heavy atom. The number of alkyl halides is 7. The van der Waals surface area contributed by atoms with Crippen LogP contribution in [-0.2, 0) is 4.79 Å². The molecule has 0 saturated carbocycles. The summed E-state index contributed by atoms with van der Waals surface area (Å²) in [7, 11) is 0. The smallest absolute Gasteiger partial charge is 0.324 e. The zero-order chi connectivity index (χ0) is 15.8. The van der Waals surface area contributed by atoms with Gasteiger partial charge in [0, 0.05) is 5.69 Å². The van der Waals surface area contributed by atoms with Gasteiger partial charge in [0.2, 0.25) is 0 Å². The Hall–Kier alpha value is -1.44. The summed E-state index contributed by atoms with van der Waals surface area (Å²) in [4.78, 5) is 6.36. The quantitative estimate of drug-likeness (QED) is 0.647. The highest BCUT2D eigenvalue weighted by Crippen LogP contribution is 2.48. The van der Waals surface area contributed by atoms with Crippen molar-refractivity contribution in [3.8, 4) is 0 Å². The lowest BCUT2D eigenvalue weighted by Gasteiger charge is -2.30. The minimum atomic E-state index is -5.99. The van der Waals surface area contributed by atoms with Crippen LogP contribution in [0.2, 0.25) is 0 Å². The molecule has 1 aromatic rings. The standard InChI is InChI=1S/C11H8ClF6NO/c1-6-3-2-4-7(5-6)19-8(20)9(12,10(13,14)15)11(16,17)18/h2-5H,1H3,(H,19,20). The average molecular weight is 320 g/mol. The van der Waals surface area contributed by atoms with Gasteiger partial charge in [-0.2, -0.15) is 26.3 Å². The van der Waals surface area contributed by atoms with Crippen molar-refractivity contribution in [2.24, 2.45) is 0 Å². The molecular formula is C11H8ClF6NO. The molecule has 0 radical (unpaired) electrons. The lowest BCUT2D eigenvalue weighted by molar-refractivity contribution is -0.258. The number of hydrogen-bond donors (Lipinski definition) is 1. The van der Waals surface area contributed by atoms with Crippen LogP contribution in [0, 0.1) is 6.92 Å². The Bertz CT molecular complexity index is 496. The zero-order valence-electron chi connectivity index (χ0n) is 9.86. The van der Waals surface area contributed by atoms with Gasteiger partial charge in [-0.3, -0.25) is 4.79 Å². The van der Waals surface area contributed by atoms with Crippen LogP contribution in [0.5, 0.6) is 0 Å². The summed E-state index contributed by atoms with van der Waals surface area (Å²) in [6.45, 7) is 1.55. The summed E-state index contributed by atoms with van der Waals surface area (Å²) >= 11 is 4.57. The Labute approximate surface area is 114 Å². The van der Waals surface area contributed by atoms with Crippen molar-refractivity contribution in [3.05, 3.63) is 29.8 Å². The number of amides is 1. The van der Waals surface area contributed by atoms with Gasteiger partial charge in [-0.15, -0.1) is 0 Å². The number of rotatable bonds is 2. The molecule has 1 N–H and O–H groups in total. The summed E-state index contributed by atoms with van der Waals surface area (Å²) in [5, 5.41) is 1.53. The van der Waals surface area contributed by atoms with Crippen LogP contribution in [0.3, 0.4) is 0 Å². The van der Waals surface area contributed by atoms with E-state index >= 15 is 0 Å². The van der Waals surface area contributed by atoms with Gasteiger partial charge < -0.3 is 5.32 Å². The fraction of sp³-hybridized carbons (Fsp3) is 0.364. The van der Waals surface area contributed by atoms with Crippen molar-refractivity contribution in [1.29, 1.82) is 0 Å². The fourth-order valence-corrected chi connectivity index (χ4v) is 1.41. The first-order valence-corrected chi connectivity index (χ1v) is 5.48. The van der Waals surface area contributed by atoms with Crippen LogP contribution in [0.25, 0.3) is 0 Å². The van der Waals surface area contributed by atoms with Gasteiger partial charge in [-0.1, -0.05) is 23.7 Å². The van der Waals surface area contributed by atoms with Gasteiger partial charge in [0.25, 0.3) is 5.91 Å². The summed E-state index contributed by atoms with van der Waals surface area (Å²) in [6, 6.07) is 5.27. The minimum Gasteiger partial charge on any atom is -0.324 e. The number of hydrogen-bond acceptors (Lipinski definition) is 1. The van der Waals surface area contributed by atoms with Crippen molar-refractivity contribution >= 4 is 23.2 Å². The van der Waals surface area contributed by atoms with Crippen LogP contribution >= 0.6 is 11.6 Å². The summed E-state index contributed by atoms with van der Waals surface area (Å²) < 4.78 is 75.1. The van der Waals surface area contributed by atoms with Crippen molar-refractivity contribution in [3.63, 3.8) is 0 Å². The summed E-state index contributed by atoms with van der Waals surface area (Å²) in [6.07, 6.45) is -12.0. The minimum absolute atomic E-state index is 0.214. The number of halogens is 7. The lowest BCUT2D eigenvalue weighted by Crippen LogP contribution is -2.60. The fourth-order valence-electron chi connectivity index (χ4n) is 1.36. The van der Waals surface area contributed by atoms with E-state index < -0.39 is 23.1 Å². The maximum atomic E-state index is 12.5. The summed E-state index contributed by atoms with van der Waals surface area (Å²) in [5.41, 5.74) is 0.329. The Kier molecular flexibility index (Phi) is 4.28. The van der Waals surface area contributed by atoms with Crippen LogP contribution < -0.4 is 5.32 Å². The van der Waals surface area contributed by atoms with E-state index in [9.17, 15) is 31.1 Å². The number of carbonyl (C=O) groups excluding carboxylic acids is 1. The van der Waals surface area contributed by atoms with Gasteiger partial charge in [-0.05, 0) is 24.6 Å². The van der Waals surface area contributed by atoms with Gasteiger partial charge in [0.15, 0.2) is 0 Å². The molecule has 0 heterocycles. The predicted molar refractivity (Wildman–Crippen MR) is 60.5 cm³/mol. The molecule has 112 valence electrons. The number of benzene rings is 1. The third kappa shape index (κ3) is 3.00. The monoisotopic (exact) mass is 319 g/mol. The molecule has 0 aliphatic carbocycles. The molecule has 0 saturated heterocycles. The molecule has 9 heteroatoms. The number of carbonyl (C=O) groups is 1. The van der Waals surface area contributed by atoms with Gasteiger partial charge >= 0.3 is 17.2 Å². The molecular weight excluding hydrogens is 312 g/mol. The van der Waals surface area contributed by atoms with Crippen molar-refractivity contribution < 1.29 is 31.1 Å². The molecule has 0 aromatic heterocycles. The van der Waals surface area contributed by atoms with Crippen molar-refractivity contribution in [1.82, 2.24) is 0 Å². The molecule has 0 bridgehead atoms. The van der Waals surface area contributed by atoms with Crippen molar-refractivity contribution in [2.45, 2.75) is 24.2 Å². The van der Waals surface area contributed by atoms with E-state index in [0.29, 0.717) is 5.56 Å². The van der Waals surface area contributed by atoms with Crippen LogP contribution in [0.4, 0.5) is 32.0 Å².